The highest BCUT2D eigenvalue weighted by atomic mass is 19.4. The molecule has 9 aromatic rings. The number of hydrogen-bond acceptors (Lipinski definition) is 18. The van der Waals surface area contributed by atoms with Crippen molar-refractivity contribution in [2.24, 2.45) is 55.6 Å². The number of nitrogens with two attached hydrogens (primary N) is 2. The second-order valence-electron chi connectivity index (χ2n) is 26.2. The molecule has 25 nitrogen and oxygen atoms in total. The Bertz CT molecular complexity index is 4830. The number of aliphatic imine (C=N–C) groups is 2. The Morgan fingerprint density at radius 2 is 1.43 bits per heavy atom. The highest BCUT2D eigenvalue weighted by Crippen LogP contribution is 2.46. The zero-order valence-corrected chi connectivity index (χ0v) is 57.6. The van der Waals surface area contributed by atoms with Gasteiger partial charge in [0.15, 0.2) is 5.82 Å². The van der Waals surface area contributed by atoms with Crippen LogP contribution in [0.15, 0.2) is 120 Å². The van der Waals surface area contributed by atoms with E-state index in [1.807, 2.05) is 70.1 Å². The number of hydrogen-bond donors (Lipinski definition) is 5. The molecular weight excluding hydrogens is 1280 g/mol. The van der Waals surface area contributed by atoms with Gasteiger partial charge in [0.1, 0.15) is 11.7 Å². The molecule has 7 aromatic heterocycles. The highest BCUT2D eigenvalue weighted by Gasteiger charge is 2.37. The number of alkyl halides is 3. The van der Waals surface area contributed by atoms with Gasteiger partial charge in [0.05, 0.1) is 81.8 Å². The summed E-state index contributed by atoms with van der Waals surface area (Å²) >= 11 is 0. The molecule has 13 rings (SSSR count). The summed E-state index contributed by atoms with van der Waals surface area (Å²) < 4.78 is 56.3. The molecule has 0 spiro atoms. The van der Waals surface area contributed by atoms with Gasteiger partial charge >= 0.3 is 6.18 Å². The first-order chi connectivity index (χ1) is 48.0. The number of likely N-dealkylation sites (N-methyl/N-ethyl adjacent to an activating group) is 2. The molecule has 0 radical (unpaired) electrons. The number of fused-ring (bicyclic) bond motifs is 9. The van der Waals surface area contributed by atoms with E-state index in [0.29, 0.717) is 60.9 Å². The zero-order valence-electron chi connectivity index (χ0n) is 57.6. The number of amides is 1. The van der Waals surface area contributed by atoms with Gasteiger partial charge in [-0.15, -0.1) is 0 Å². The minimum Gasteiger partial charge on any atom is -0.389 e. The largest absolute Gasteiger partial charge is 0.416 e. The number of allylic oxidation sites excluding steroid dienone is 2. The summed E-state index contributed by atoms with van der Waals surface area (Å²) in [4.78, 5) is 54.4. The lowest BCUT2D eigenvalue weighted by Crippen LogP contribution is -2.30. The summed E-state index contributed by atoms with van der Waals surface area (Å²) in [5.74, 6) is 1.33. The quantitative estimate of drug-likeness (QED) is 0.0243. The van der Waals surface area contributed by atoms with E-state index >= 15 is 0 Å². The lowest BCUT2D eigenvalue weighted by Gasteiger charge is -2.26. The number of amidine groups is 2. The van der Waals surface area contributed by atoms with E-state index in [1.54, 1.807) is 60.3 Å². The topological polar surface area (TPSA) is 294 Å². The van der Waals surface area contributed by atoms with Crippen molar-refractivity contribution < 1.29 is 22.7 Å². The second-order valence-corrected chi connectivity index (χ2v) is 26.2. The van der Waals surface area contributed by atoms with Crippen molar-refractivity contribution in [1.82, 2.24) is 89.5 Å². The maximum atomic E-state index is 14.0. The second kappa shape index (κ2) is 28.1. The molecule has 2 aromatic carbocycles. The summed E-state index contributed by atoms with van der Waals surface area (Å²) in [6.07, 6.45) is 17.6. The standard InChI is InChI=1S/C72H80F3N23O2/c1-40-30-43(14-17-47(40)49-35-53-63(56(97(9)91-53)33-42-12-11-13-46(32-42)72(73,74)75)67-50(49)37-81-70(87-67)84-58(76)22-25-78-27-29-93(3)4)34-55-62-51(89-96(55)8)20-18-48-54(82-71(88-66(48)62)85-60-24-28-95(7)92-60)39-100-57-21-16-44(31-41(57)2)68-64-52(90-98(68)10)19-15-45-36-80-69(86-65(45)64)83-59(77)23-26-79-38-61(99)94(5)6/h11-14,16-17,21-26,28,30-32,36-37,41,49,57,78-79H,15,18-20,27,29,33-35,38-39H2,1-10H3,(H2,76,81,84,87)(H2,77,80,83,86)(H,82,85,88,92)/b25-22-,26-23-. The Morgan fingerprint density at radius 3 is 2.13 bits per heavy atom. The number of anilines is 2. The normalized spacial score (nSPS) is 16.5. The van der Waals surface area contributed by atoms with Crippen LogP contribution in [0.4, 0.5) is 36.8 Å². The number of nitrogens with one attached hydrogen (secondary N) is 3. The molecule has 7 N–H and O–H groups in total. The molecule has 28 heteroatoms. The zero-order chi connectivity index (χ0) is 70.3. The molecule has 4 aliphatic rings. The van der Waals surface area contributed by atoms with Gasteiger partial charge in [-0.25, -0.2) is 29.9 Å². The van der Waals surface area contributed by atoms with E-state index in [9.17, 15) is 18.0 Å². The Kier molecular flexibility index (Phi) is 19.0. The maximum Gasteiger partial charge on any atom is 0.416 e. The first-order valence-electron chi connectivity index (χ1n) is 33.2. The molecule has 0 fully saturated rings. The van der Waals surface area contributed by atoms with Gasteiger partial charge in [0.25, 0.3) is 11.9 Å². The molecule has 516 valence electrons. The van der Waals surface area contributed by atoms with E-state index in [0.717, 1.165) is 127 Å². The lowest BCUT2D eigenvalue weighted by atomic mass is 9.78. The average Bonchev–Trinajstić information content (AvgIpc) is 1.52. The van der Waals surface area contributed by atoms with Gasteiger partial charge in [0, 0.05) is 151 Å². The van der Waals surface area contributed by atoms with Crippen LogP contribution < -0.4 is 27.4 Å². The predicted octanol–water partition coefficient (Wildman–Crippen LogP) is 8.14. The molecule has 4 aliphatic carbocycles. The summed E-state index contributed by atoms with van der Waals surface area (Å²) in [5, 5.41) is 29.3. The van der Waals surface area contributed by atoms with Gasteiger partial charge < -0.3 is 42.0 Å². The molecule has 1 amide bonds. The van der Waals surface area contributed by atoms with Crippen LogP contribution in [0, 0.1) is 12.8 Å². The van der Waals surface area contributed by atoms with E-state index < -0.39 is 11.7 Å². The van der Waals surface area contributed by atoms with Gasteiger partial charge in [-0.1, -0.05) is 61.5 Å². The molecule has 0 saturated carbocycles. The van der Waals surface area contributed by atoms with Crippen molar-refractivity contribution in [2.75, 3.05) is 53.1 Å². The smallest absolute Gasteiger partial charge is 0.389 e. The fourth-order valence-corrected chi connectivity index (χ4v) is 13.5. The monoisotopic (exact) mass is 1360 g/mol. The third-order valence-electron chi connectivity index (χ3n) is 18.5. The number of aryl methyl sites for hydroxylation is 8. The molecule has 3 atom stereocenters. The van der Waals surface area contributed by atoms with Crippen LogP contribution in [0.1, 0.15) is 97.2 Å². The number of carbonyl (C=O) groups is 1. The number of halogens is 3. The summed E-state index contributed by atoms with van der Waals surface area (Å²) in [5.41, 5.74) is 30.2. The van der Waals surface area contributed by atoms with Crippen LogP contribution in [0.5, 0.6) is 0 Å². The third-order valence-corrected chi connectivity index (χ3v) is 18.5. The van der Waals surface area contributed by atoms with Crippen molar-refractivity contribution in [1.29, 1.82) is 0 Å². The van der Waals surface area contributed by atoms with E-state index in [4.69, 9.17) is 56.4 Å². The molecule has 7 heterocycles. The first kappa shape index (κ1) is 67.6. The Labute approximate surface area is 576 Å². The SMILES string of the molecule is Cc1cc(Cc2c3c(nn2C)CCc2c(COC4C=CC(c5c6c(nn5C)CCc5cnc(N=C(N)/C=C\NCC(=O)N(C)C)nc5-6)=CC4C)nc(Nc4ccn(C)n4)nc2-3)ccc1C1Cc2nn(C)c(Cc3cccc(C(F)(F)F)c3)c2-c2nc(N=C(N)/C=C\NCCN(C)C)ncc21. The molecule has 0 aliphatic heterocycles. The number of rotatable bonds is 22. The van der Waals surface area contributed by atoms with Crippen LogP contribution >= 0.6 is 0 Å². The first-order valence-corrected chi connectivity index (χ1v) is 33.2. The van der Waals surface area contributed by atoms with Gasteiger partial charge in [-0.05, 0) is 98.3 Å². The average molecular weight is 1360 g/mol. The minimum absolute atomic E-state index is 0.0541. The Hall–Kier alpha value is -11.0. The van der Waals surface area contributed by atoms with Crippen molar-refractivity contribution in [2.45, 2.75) is 83.6 Å². The van der Waals surface area contributed by atoms with Crippen molar-refractivity contribution in [3.63, 3.8) is 0 Å². The molecule has 0 saturated heterocycles. The molecular formula is C72H80F3N23O2. The highest BCUT2D eigenvalue weighted by molar-refractivity contribution is 5.94. The summed E-state index contributed by atoms with van der Waals surface area (Å²) in [7, 11) is 15.0. The minimum atomic E-state index is -4.50. The molecule has 3 unspecified atom stereocenters. The van der Waals surface area contributed by atoms with Crippen molar-refractivity contribution in [3.05, 3.63) is 194 Å². The number of benzene rings is 2. The summed E-state index contributed by atoms with van der Waals surface area (Å²) in [6, 6.07) is 13.8. The van der Waals surface area contributed by atoms with Gasteiger partial charge in [-0.2, -0.15) is 43.6 Å². The number of aromatic nitrogens is 14. The maximum absolute atomic E-state index is 14.0. The predicted molar refractivity (Wildman–Crippen MR) is 377 cm³/mol. The van der Waals surface area contributed by atoms with Crippen LogP contribution in [0.3, 0.4) is 0 Å². The van der Waals surface area contributed by atoms with Crippen LogP contribution in [-0.2, 0) is 95.5 Å². The van der Waals surface area contributed by atoms with Gasteiger partial charge in [-0.3, -0.25) is 23.5 Å². The van der Waals surface area contributed by atoms with Crippen molar-refractivity contribution >= 4 is 46.8 Å². The summed E-state index contributed by atoms with van der Waals surface area (Å²) in [6.45, 7) is 6.11. The lowest BCUT2D eigenvalue weighted by molar-refractivity contribution is -0.137. The fourth-order valence-electron chi connectivity index (χ4n) is 13.5. The van der Waals surface area contributed by atoms with E-state index in [1.165, 1.54) is 17.0 Å². The third kappa shape index (κ3) is 14.3. The van der Waals surface area contributed by atoms with Crippen molar-refractivity contribution in [3.8, 4) is 33.8 Å². The van der Waals surface area contributed by atoms with Crippen LogP contribution in [0.2, 0.25) is 0 Å². The van der Waals surface area contributed by atoms with Crippen LogP contribution in [-0.4, -0.2) is 150 Å². The Morgan fingerprint density at radius 1 is 0.750 bits per heavy atom. The van der Waals surface area contributed by atoms with Crippen LogP contribution in [0.25, 0.3) is 39.3 Å². The fraction of sp³-hybridized carbons (Fsp3) is 0.347. The Balaban J connectivity index is 0.768. The van der Waals surface area contributed by atoms with E-state index in [2.05, 4.69) is 91.2 Å². The van der Waals surface area contributed by atoms with E-state index in [-0.39, 0.29) is 67.0 Å². The molecule has 0 bridgehead atoms. The number of carbonyl (C=O) groups excluding carboxylic acids is 1. The molecule has 100 heavy (non-hydrogen) atoms. The van der Waals surface area contributed by atoms with Gasteiger partial charge in [0.2, 0.25) is 11.9 Å². The number of ether oxygens (including phenoxy) is 1. The number of nitrogens with zero attached hydrogens (tertiary/aromatic N) is 18.